The average Bonchev–Trinajstić information content (AvgIpc) is 1.76. The van der Waals surface area contributed by atoms with E-state index < -0.39 is 20.3 Å². The van der Waals surface area contributed by atoms with Gasteiger partial charge in [-0.1, -0.05) is 0 Å². The van der Waals surface area contributed by atoms with Crippen LogP contribution in [0.15, 0.2) is 0 Å². The van der Waals surface area contributed by atoms with Gasteiger partial charge in [0.2, 0.25) is 0 Å². The predicted octanol–water partition coefficient (Wildman–Crippen LogP) is -2.88. The number of rotatable bonds is 0. The van der Waals surface area contributed by atoms with Gasteiger partial charge in [0.1, 0.15) is 0 Å². The van der Waals surface area contributed by atoms with Gasteiger partial charge in [-0.2, -0.15) is 0 Å². The van der Waals surface area contributed by atoms with Crippen molar-refractivity contribution in [3.05, 3.63) is 61.3 Å². The summed E-state index contributed by atoms with van der Waals surface area (Å²) in [5.41, 5.74) is 0. The SMILES string of the molecule is O=[N+]([O-])[O-].O=[N+]([O-])[O-].O=[N+]([O-])[O-].O=[N+]([O-])[O-].[N].[N].[N].[N].[Ru+4]. The molecule has 0 atom stereocenters. The van der Waals surface area contributed by atoms with Gasteiger partial charge in [0.25, 0.3) is 0 Å². The van der Waals surface area contributed by atoms with Crippen LogP contribution in [0.4, 0.5) is 0 Å². The first-order valence-corrected chi connectivity index (χ1v) is 2.19. The molecule has 0 saturated carbocycles. The van der Waals surface area contributed by atoms with Crippen molar-refractivity contribution in [2.45, 2.75) is 0 Å². The maximum atomic E-state index is 8.25. The molecule has 0 heterocycles. The second-order valence-electron chi connectivity index (χ2n) is 0.894. The van der Waals surface area contributed by atoms with E-state index in [1.807, 2.05) is 0 Å². The van der Waals surface area contributed by atoms with Gasteiger partial charge in [-0.3, -0.25) is 0 Å². The topological polar surface area (TPSA) is 387 Å². The van der Waals surface area contributed by atoms with Crippen LogP contribution in [0, 0.1) is 61.3 Å². The normalized spacial score (nSPS) is 4.57. The summed E-state index contributed by atoms with van der Waals surface area (Å²) in [5.74, 6) is 0. The van der Waals surface area contributed by atoms with Gasteiger partial charge in [-0.15, -0.1) is 0 Å². The molecule has 0 amide bonds. The van der Waals surface area contributed by atoms with Gasteiger partial charge in [0, 0.05) is 24.6 Å². The molecular weight excluding hydrogens is 405 g/mol. The first-order chi connectivity index (χ1) is 6.93. The third-order valence-electron chi connectivity index (χ3n) is 0. The van der Waals surface area contributed by atoms with Gasteiger partial charge in [-0.05, 0) is 0 Å². The molecule has 0 aromatic heterocycles. The molecule has 0 aliphatic carbocycles. The largest absolute Gasteiger partial charge is 4.00 e. The Kier molecular flexibility index (Phi) is 161. The summed E-state index contributed by atoms with van der Waals surface area (Å²) in [5, 5.41) is 59.0. The molecule has 20 nitrogen and oxygen atoms in total. The standard InChI is InChI=1S/4NO3.4N.Ru/c4*2-1(3)4;;;;;/q4*-1;;;;;+4. The molecule has 120 valence electrons. The summed E-state index contributed by atoms with van der Waals surface area (Å²) in [6.07, 6.45) is 0. The monoisotopic (exact) mass is 406 g/mol. The maximum absolute atomic E-state index is 8.25. The van der Waals surface area contributed by atoms with E-state index in [9.17, 15) is 0 Å². The predicted molar refractivity (Wildman–Crippen MR) is 50.0 cm³/mol. The van der Waals surface area contributed by atoms with Crippen LogP contribution in [-0.4, -0.2) is 20.3 Å². The molecule has 0 aliphatic rings. The number of nitrogens with zero attached hydrogens (tertiary/aromatic N) is 8. The van der Waals surface area contributed by atoms with E-state index in [1.165, 1.54) is 0 Å². The molecule has 21 heteroatoms. The van der Waals surface area contributed by atoms with E-state index in [0.29, 0.717) is 0 Å². The molecule has 0 bridgehead atoms. The van der Waals surface area contributed by atoms with Crippen LogP contribution >= 0.6 is 0 Å². The zero-order valence-electron chi connectivity index (χ0n) is 8.83. The summed E-state index contributed by atoms with van der Waals surface area (Å²) in [4.78, 5) is 33.0. The minimum absolute atomic E-state index is 0. The van der Waals surface area contributed by atoms with E-state index in [4.69, 9.17) is 61.3 Å². The van der Waals surface area contributed by atoms with Crippen molar-refractivity contribution in [1.29, 1.82) is 0 Å². The van der Waals surface area contributed by atoms with Gasteiger partial charge in [0.15, 0.2) is 0 Å². The Morgan fingerprint density at radius 3 is 0.381 bits per heavy atom. The molecule has 0 unspecified atom stereocenters. The molecule has 0 saturated heterocycles. The second-order valence-corrected chi connectivity index (χ2v) is 0.894. The van der Waals surface area contributed by atoms with Crippen LogP contribution in [0.2, 0.25) is 0 Å². The Labute approximate surface area is 126 Å². The summed E-state index contributed by atoms with van der Waals surface area (Å²) in [6.45, 7) is 0. The second kappa shape index (κ2) is 53.2. The minimum Gasteiger partial charge on any atom is -0.356 e. The van der Waals surface area contributed by atoms with Gasteiger partial charge in [0.05, 0.1) is 20.3 Å². The Bertz CT molecular complexity index is 165. The van der Waals surface area contributed by atoms with Gasteiger partial charge >= 0.3 is 19.5 Å². The van der Waals surface area contributed by atoms with E-state index >= 15 is 0 Å². The summed E-state index contributed by atoms with van der Waals surface area (Å²) in [7, 11) is 0. The van der Waals surface area contributed by atoms with E-state index in [2.05, 4.69) is 0 Å². The minimum atomic E-state index is -1.75. The summed E-state index contributed by atoms with van der Waals surface area (Å²) < 4.78 is 0. The Morgan fingerprint density at radius 2 is 0.381 bits per heavy atom. The van der Waals surface area contributed by atoms with Crippen LogP contribution in [0.5, 0.6) is 0 Å². The average molecular weight is 405 g/mol. The third-order valence-corrected chi connectivity index (χ3v) is 0. The van der Waals surface area contributed by atoms with Crippen LogP contribution < -0.4 is 24.6 Å². The Hall–Kier alpha value is -2.74. The number of hydrogen-bond donors (Lipinski definition) is 0. The van der Waals surface area contributed by atoms with Crippen LogP contribution in [0.25, 0.3) is 0 Å². The van der Waals surface area contributed by atoms with Gasteiger partial charge < -0.3 is 61.3 Å². The van der Waals surface area contributed by atoms with Crippen molar-refractivity contribution in [2.24, 2.45) is 0 Å². The Morgan fingerprint density at radius 1 is 0.381 bits per heavy atom. The molecule has 0 rings (SSSR count). The molecule has 12 radical (unpaired) electrons. The van der Waals surface area contributed by atoms with Crippen molar-refractivity contribution in [3.8, 4) is 0 Å². The first kappa shape index (κ1) is 63.4. The fourth-order valence-electron chi connectivity index (χ4n) is 0. The van der Waals surface area contributed by atoms with E-state index in [-0.39, 0.29) is 44.1 Å². The summed E-state index contributed by atoms with van der Waals surface area (Å²) in [6, 6.07) is 0. The molecule has 0 aromatic rings. The zero-order chi connectivity index (χ0) is 14.3. The quantitative estimate of drug-likeness (QED) is 0.222. The molecule has 0 aromatic carbocycles. The molecule has 0 spiro atoms. The molecular formula is N8O12Ru. The van der Waals surface area contributed by atoms with Crippen molar-refractivity contribution in [2.75, 3.05) is 0 Å². The molecule has 0 N–H and O–H groups in total. The van der Waals surface area contributed by atoms with Crippen molar-refractivity contribution in [1.82, 2.24) is 24.6 Å². The Balaban J connectivity index is -0.0000000121. The fraction of sp³-hybridized carbons (Fsp3) is 0. The van der Waals surface area contributed by atoms with Crippen molar-refractivity contribution >= 4 is 0 Å². The van der Waals surface area contributed by atoms with E-state index in [1.54, 1.807) is 0 Å². The third kappa shape index (κ3) is 537. The van der Waals surface area contributed by atoms with Gasteiger partial charge in [-0.25, -0.2) is 0 Å². The maximum Gasteiger partial charge on any atom is 4.00 e. The molecule has 21 heavy (non-hydrogen) atoms. The fourth-order valence-corrected chi connectivity index (χ4v) is 0. The molecule has 0 fully saturated rings. The molecule has 0 aliphatic heterocycles. The zero-order valence-corrected chi connectivity index (χ0v) is 10.6. The van der Waals surface area contributed by atoms with E-state index in [0.717, 1.165) is 0 Å². The van der Waals surface area contributed by atoms with Crippen molar-refractivity contribution in [3.63, 3.8) is 0 Å². The van der Waals surface area contributed by atoms with Crippen LogP contribution in [-0.2, 0) is 19.5 Å². The van der Waals surface area contributed by atoms with Crippen LogP contribution in [0.3, 0.4) is 0 Å². The summed E-state index contributed by atoms with van der Waals surface area (Å²) >= 11 is 0. The van der Waals surface area contributed by atoms with Crippen molar-refractivity contribution < 1.29 is 39.8 Å². The smallest absolute Gasteiger partial charge is 0.356 e. The first-order valence-electron chi connectivity index (χ1n) is 2.19. The van der Waals surface area contributed by atoms with Crippen LogP contribution in [0.1, 0.15) is 0 Å². The number of hydrogen-bond acceptors (Lipinski definition) is 12.